The predicted molar refractivity (Wildman–Crippen MR) is 118 cm³/mol. The van der Waals surface area contributed by atoms with Crippen LogP contribution in [0.2, 0.25) is 10.0 Å². The molecule has 1 heterocycles. The molecule has 0 fully saturated rings. The molecule has 3 aromatic carbocycles. The van der Waals surface area contributed by atoms with Gasteiger partial charge in [-0.15, -0.1) is 0 Å². The van der Waals surface area contributed by atoms with E-state index in [1.54, 1.807) is 53.2 Å². The molecule has 0 N–H and O–H groups in total. The second kappa shape index (κ2) is 9.72. The third-order valence-corrected chi connectivity index (χ3v) is 5.35. The SMILES string of the molecule is FC(F)Oc1ccc(-c2cc(-c3ccc(OC(F)F)cc3)n(-c3ccc(Cl)c(Cl)c3)n2)cc1. The number of alkyl halides is 4. The number of halogens is 6. The molecule has 0 aliphatic carbocycles. The van der Waals surface area contributed by atoms with Crippen LogP contribution in [0.3, 0.4) is 0 Å². The van der Waals surface area contributed by atoms with Gasteiger partial charge < -0.3 is 9.47 Å². The second-order valence-corrected chi connectivity index (χ2v) is 7.55. The van der Waals surface area contributed by atoms with Crippen LogP contribution in [0, 0.1) is 0 Å². The van der Waals surface area contributed by atoms with Crippen LogP contribution in [0.1, 0.15) is 0 Å². The highest BCUT2D eigenvalue weighted by Gasteiger charge is 2.15. The first-order chi connectivity index (χ1) is 15.8. The molecule has 0 radical (unpaired) electrons. The molecule has 4 nitrogen and oxygen atoms in total. The van der Waals surface area contributed by atoms with Gasteiger partial charge in [0.2, 0.25) is 0 Å². The monoisotopic (exact) mass is 496 g/mol. The normalized spacial score (nSPS) is 11.3. The summed E-state index contributed by atoms with van der Waals surface area (Å²) in [6.07, 6.45) is 0. The second-order valence-electron chi connectivity index (χ2n) is 6.73. The van der Waals surface area contributed by atoms with E-state index < -0.39 is 13.2 Å². The van der Waals surface area contributed by atoms with Gasteiger partial charge in [0.1, 0.15) is 11.5 Å². The molecule has 1 aromatic heterocycles. The van der Waals surface area contributed by atoms with Gasteiger partial charge in [-0.05, 0) is 72.8 Å². The van der Waals surface area contributed by atoms with Gasteiger partial charge in [-0.2, -0.15) is 22.7 Å². The van der Waals surface area contributed by atoms with Crippen LogP contribution in [0.4, 0.5) is 17.6 Å². The van der Waals surface area contributed by atoms with Crippen molar-refractivity contribution in [3.8, 4) is 39.7 Å². The van der Waals surface area contributed by atoms with E-state index >= 15 is 0 Å². The van der Waals surface area contributed by atoms with E-state index in [-0.39, 0.29) is 11.5 Å². The number of hydrogen-bond donors (Lipinski definition) is 0. The zero-order chi connectivity index (χ0) is 23.5. The molecule has 0 amide bonds. The lowest BCUT2D eigenvalue weighted by molar-refractivity contribution is -0.0505. The summed E-state index contributed by atoms with van der Waals surface area (Å²) < 4.78 is 60.2. The van der Waals surface area contributed by atoms with Crippen LogP contribution in [0.5, 0.6) is 11.5 Å². The molecule has 0 unspecified atom stereocenters. The summed E-state index contributed by atoms with van der Waals surface area (Å²) in [5, 5.41) is 5.33. The van der Waals surface area contributed by atoms with Crippen molar-refractivity contribution in [3.05, 3.63) is 82.8 Å². The lowest BCUT2D eigenvalue weighted by Gasteiger charge is -2.10. The van der Waals surface area contributed by atoms with Crippen LogP contribution < -0.4 is 9.47 Å². The van der Waals surface area contributed by atoms with E-state index in [0.717, 1.165) is 0 Å². The zero-order valence-electron chi connectivity index (χ0n) is 16.6. The highest BCUT2D eigenvalue weighted by atomic mass is 35.5. The topological polar surface area (TPSA) is 36.3 Å². The first kappa shape index (κ1) is 22.9. The van der Waals surface area contributed by atoms with E-state index in [1.165, 1.54) is 24.3 Å². The smallest absolute Gasteiger partial charge is 0.387 e. The molecule has 33 heavy (non-hydrogen) atoms. The zero-order valence-corrected chi connectivity index (χ0v) is 18.1. The fourth-order valence-corrected chi connectivity index (χ4v) is 3.45. The molecule has 0 aliphatic heterocycles. The first-order valence-corrected chi connectivity index (χ1v) is 10.2. The number of nitrogens with zero attached hydrogens (tertiary/aromatic N) is 2. The van der Waals surface area contributed by atoms with E-state index in [4.69, 9.17) is 23.2 Å². The lowest BCUT2D eigenvalue weighted by atomic mass is 10.1. The van der Waals surface area contributed by atoms with Crippen LogP contribution in [0.25, 0.3) is 28.2 Å². The maximum atomic E-state index is 12.5. The Balaban J connectivity index is 1.77. The summed E-state index contributed by atoms with van der Waals surface area (Å²) in [5.41, 5.74) is 3.08. The van der Waals surface area contributed by atoms with Gasteiger partial charge >= 0.3 is 13.2 Å². The van der Waals surface area contributed by atoms with E-state index in [2.05, 4.69) is 14.6 Å². The third kappa shape index (κ3) is 5.40. The van der Waals surface area contributed by atoms with Crippen molar-refractivity contribution in [1.82, 2.24) is 9.78 Å². The number of ether oxygens (including phenoxy) is 2. The molecule has 4 rings (SSSR count). The Morgan fingerprint density at radius 1 is 0.667 bits per heavy atom. The van der Waals surface area contributed by atoms with Gasteiger partial charge in [-0.3, -0.25) is 0 Å². The molecular formula is C23H14Cl2F4N2O2. The summed E-state index contributed by atoms with van der Waals surface area (Å²) in [7, 11) is 0. The minimum Gasteiger partial charge on any atom is -0.435 e. The van der Waals surface area contributed by atoms with Crippen LogP contribution in [-0.2, 0) is 0 Å². The minimum absolute atomic E-state index is 0.0178. The number of aromatic nitrogens is 2. The maximum absolute atomic E-state index is 12.5. The Morgan fingerprint density at radius 3 is 1.73 bits per heavy atom. The molecule has 0 bridgehead atoms. The molecule has 0 saturated carbocycles. The lowest BCUT2D eigenvalue weighted by Crippen LogP contribution is -2.02. The Hall–Kier alpha value is -3.23. The van der Waals surface area contributed by atoms with Gasteiger partial charge in [0.25, 0.3) is 0 Å². The van der Waals surface area contributed by atoms with Gasteiger partial charge in [0.15, 0.2) is 0 Å². The predicted octanol–water partition coefficient (Wildman–Crippen LogP) is 7.72. The van der Waals surface area contributed by atoms with Crippen molar-refractivity contribution in [2.45, 2.75) is 13.2 Å². The Kier molecular flexibility index (Phi) is 6.76. The number of rotatable bonds is 7. The standard InChI is InChI=1S/C23H14Cl2F4N2O2/c24-18-10-5-15(11-19(18)25)31-21(14-3-8-17(9-4-14)33-23(28)29)12-20(30-31)13-1-6-16(7-2-13)32-22(26)27/h1-12,22-23H. The molecular weight excluding hydrogens is 483 g/mol. The van der Waals surface area contributed by atoms with Gasteiger partial charge in [0.05, 0.1) is 27.1 Å². The molecule has 0 spiro atoms. The molecule has 10 heteroatoms. The summed E-state index contributed by atoms with van der Waals surface area (Å²) >= 11 is 12.2. The summed E-state index contributed by atoms with van der Waals surface area (Å²) in [4.78, 5) is 0. The summed E-state index contributed by atoms with van der Waals surface area (Å²) in [5.74, 6) is 0.0386. The van der Waals surface area contributed by atoms with Crippen molar-refractivity contribution in [2.75, 3.05) is 0 Å². The number of benzene rings is 3. The maximum Gasteiger partial charge on any atom is 0.387 e. The molecule has 0 saturated heterocycles. The largest absolute Gasteiger partial charge is 0.435 e. The highest BCUT2D eigenvalue weighted by molar-refractivity contribution is 6.42. The average Bonchev–Trinajstić information content (AvgIpc) is 3.21. The average molecular weight is 497 g/mol. The van der Waals surface area contributed by atoms with Gasteiger partial charge in [-0.1, -0.05) is 23.2 Å². The van der Waals surface area contributed by atoms with Crippen LogP contribution >= 0.6 is 23.2 Å². The number of hydrogen-bond acceptors (Lipinski definition) is 3. The molecule has 170 valence electrons. The van der Waals surface area contributed by atoms with Crippen molar-refractivity contribution >= 4 is 23.2 Å². The van der Waals surface area contributed by atoms with Crippen molar-refractivity contribution in [2.24, 2.45) is 0 Å². The molecule has 0 aliphatic rings. The van der Waals surface area contributed by atoms with Gasteiger partial charge in [0, 0.05) is 11.1 Å². The first-order valence-electron chi connectivity index (χ1n) is 9.46. The van der Waals surface area contributed by atoms with Crippen molar-refractivity contribution in [3.63, 3.8) is 0 Å². The van der Waals surface area contributed by atoms with Crippen molar-refractivity contribution in [1.29, 1.82) is 0 Å². The third-order valence-electron chi connectivity index (χ3n) is 4.61. The minimum atomic E-state index is -2.93. The summed E-state index contributed by atoms with van der Waals surface area (Å²) in [6, 6.07) is 18.9. The fourth-order valence-electron chi connectivity index (χ4n) is 3.16. The molecule has 4 aromatic rings. The highest BCUT2D eigenvalue weighted by Crippen LogP contribution is 2.33. The van der Waals surface area contributed by atoms with Crippen LogP contribution in [-0.4, -0.2) is 23.0 Å². The van der Waals surface area contributed by atoms with E-state index in [9.17, 15) is 17.6 Å². The van der Waals surface area contributed by atoms with Crippen LogP contribution in [0.15, 0.2) is 72.8 Å². The fraction of sp³-hybridized carbons (Fsp3) is 0.0870. The Bertz CT molecular complexity index is 1250. The molecule has 0 atom stereocenters. The van der Waals surface area contributed by atoms with E-state index in [0.29, 0.717) is 38.2 Å². The quantitative estimate of drug-likeness (QED) is 0.246. The van der Waals surface area contributed by atoms with Crippen molar-refractivity contribution < 1.29 is 27.0 Å². The van der Waals surface area contributed by atoms with E-state index in [1.807, 2.05) is 0 Å². The Morgan fingerprint density at radius 2 is 1.21 bits per heavy atom. The summed E-state index contributed by atoms with van der Waals surface area (Å²) in [6.45, 7) is -5.85. The van der Waals surface area contributed by atoms with Gasteiger partial charge in [-0.25, -0.2) is 4.68 Å². The Labute approximate surface area is 195 Å².